The van der Waals surface area contributed by atoms with Crippen LogP contribution in [0.5, 0.6) is 0 Å². The van der Waals surface area contributed by atoms with E-state index in [2.05, 4.69) is 139 Å². The Morgan fingerprint density at radius 2 is 1.49 bits per heavy atom. The summed E-state index contributed by atoms with van der Waals surface area (Å²) in [6, 6.07) is 36.2. The molecule has 4 aromatic carbocycles. The highest BCUT2D eigenvalue weighted by Gasteiger charge is 2.40. The van der Waals surface area contributed by atoms with Crippen LogP contribution in [0.2, 0.25) is 0 Å². The summed E-state index contributed by atoms with van der Waals surface area (Å²) < 4.78 is 0. The Morgan fingerprint density at radius 1 is 0.822 bits per heavy atom. The van der Waals surface area contributed by atoms with Crippen LogP contribution in [0.3, 0.4) is 0 Å². The molecule has 4 aromatic rings. The third-order valence-corrected chi connectivity index (χ3v) is 8.15. The van der Waals surface area contributed by atoms with Crippen molar-refractivity contribution in [2.45, 2.75) is 26.2 Å². The second-order valence-electron chi connectivity index (χ2n) is 10.8. The van der Waals surface area contributed by atoms with Crippen LogP contribution in [-0.2, 0) is 5.41 Å². The van der Waals surface area contributed by atoms with Crippen LogP contribution >= 0.6 is 0 Å². The minimum absolute atomic E-state index is 0.594. The van der Waals surface area contributed by atoms with E-state index in [1.807, 2.05) is 45.2 Å². The molecule has 2 nitrogen and oxygen atoms in total. The van der Waals surface area contributed by atoms with Crippen molar-refractivity contribution in [1.82, 2.24) is 0 Å². The standard InChI is InChI=1S/C41H34N2.C2H6/c1-4-30(2)19-20-35(29-43-38-23-24-40-34(28-38)25-26-42-40)33-22-21-32-13-11-12-18-39(32)41(31(3)27-33,36-14-7-5-8-15-36)37-16-9-6-10-17-37;1-2/h4-25,27-29H,1,3,26H2,2H3;1-2H3/b22-21-,30-19+,33-27+,35-20+,43-29?;. The maximum atomic E-state index is 4.92. The van der Waals surface area contributed by atoms with Gasteiger partial charge in [-0.05, 0) is 69.3 Å². The van der Waals surface area contributed by atoms with Crippen molar-refractivity contribution in [1.29, 1.82) is 0 Å². The van der Waals surface area contributed by atoms with Gasteiger partial charge in [-0.2, -0.15) is 0 Å². The smallest absolute Gasteiger partial charge is 0.0701 e. The Morgan fingerprint density at radius 3 is 2.18 bits per heavy atom. The molecule has 2 aliphatic rings. The van der Waals surface area contributed by atoms with Crippen molar-refractivity contribution in [3.05, 3.63) is 202 Å². The predicted molar refractivity (Wildman–Crippen MR) is 194 cm³/mol. The number of hydrogen-bond donors (Lipinski definition) is 0. The number of hydrogen-bond acceptors (Lipinski definition) is 2. The minimum atomic E-state index is -0.594. The van der Waals surface area contributed by atoms with Gasteiger partial charge in [0, 0.05) is 6.21 Å². The first-order valence-corrected chi connectivity index (χ1v) is 15.6. The Balaban J connectivity index is 0.00000196. The van der Waals surface area contributed by atoms with E-state index in [0.29, 0.717) is 0 Å². The van der Waals surface area contributed by atoms with Crippen LogP contribution in [0.25, 0.3) is 12.2 Å². The molecule has 0 radical (unpaired) electrons. The summed E-state index contributed by atoms with van der Waals surface area (Å²) in [7, 11) is 0. The molecule has 0 bridgehead atoms. The molecule has 1 aliphatic carbocycles. The number of rotatable bonds is 7. The van der Waals surface area contributed by atoms with Gasteiger partial charge in [0.2, 0.25) is 0 Å². The van der Waals surface area contributed by atoms with Gasteiger partial charge in [-0.25, -0.2) is 0 Å². The lowest BCUT2D eigenvalue weighted by Gasteiger charge is -2.39. The summed E-state index contributed by atoms with van der Waals surface area (Å²) >= 11 is 0. The molecule has 1 aliphatic heterocycles. The van der Waals surface area contributed by atoms with Gasteiger partial charge in [-0.15, -0.1) is 0 Å². The molecule has 0 atom stereocenters. The summed E-state index contributed by atoms with van der Waals surface area (Å²) in [6.45, 7) is 15.5. The predicted octanol–water partition coefficient (Wildman–Crippen LogP) is 9.43. The topological polar surface area (TPSA) is 24.7 Å². The van der Waals surface area contributed by atoms with Crippen molar-refractivity contribution in [3.8, 4) is 0 Å². The molecular formula is C43H40N2. The molecule has 0 spiro atoms. The minimum Gasteiger partial charge on any atom is -0.281 e. The Labute approximate surface area is 267 Å². The Kier molecular flexibility index (Phi) is 9.97. The summed E-state index contributed by atoms with van der Waals surface area (Å²) in [6.07, 6.45) is 16.7. The SMILES string of the molecule is C=C/C(C)=C/C=C(C=Nc1ccc2c(c1)=CCN=2)/C1=C/C(=C)C(c2ccccc2)(c2ccccc2)c2ccccc2/C=C\1.CC. The highest BCUT2D eigenvalue weighted by Crippen LogP contribution is 2.48. The molecule has 0 aromatic heterocycles. The maximum absolute atomic E-state index is 4.92. The second kappa shape index (κ2) is 14.4. The zero-order valence-corrected chi connectivity index (χ0v) is 26.4. The molecule has 0 fully saturated rings. The molecule has 222 valence electrons. The molecule has 6 rings (SSSR count). The van der Waals surface area contributed by atoms with E-state index in [1.54, 1.807) is 0 Å². The molecule has 2 heteroatoms. The molecule has 1 heterocycles. The van der Waals surface area contributed by atoms with Crippen LogP contribution in [0.4, 0.5) is 5.69 Å². The van der Waals surface area contributed by atoms with Gasteiger partial charge in [-0.3, -0.25) is 9.98 Å². The lowest BCUT2D eigenvalue weighted by molar-refractivity contribution is 0.743. The van der Waals surface area contributed by atoms with Gasteiger partial charge < -0.3 is 0 Å². The van der Waals surface area contributed by atoms with Gasteiger partial charge in [0.15, 0.2) is 0 Å². The number of aliphatic imine (C=N–C) groups is 1. The quantitative estimate of drug-likeness (QED) is 0.153. The first-order chi connectivity index (χ1) is 22.1. The normalized spacial score (nSPS) is 17.2. The van der Waals surface area contributed by atoms with E-state index in [1.165, 1.54) is 16.7 Å². The zero-order chi connectivity index (χ0) is 31.6. The van der Waals surface area contributed by atoms with Gasteiger partial charge in [-0.1, -0.05) is 160 Å². The fraction of sp³-hybridized carbons (Fsp3) is 0.116. The highest BCUT2D eigenvalue weighted by molar-refractivity contribution is 5.90. The number of benzene rings is 4. The average Bonchev–Trinajstić information content (AvgIpc) is 3.57. The van der Waals surface area contributed by atoms with Crippen molar-refractivity contribution < 1.29 is 0 Å². The third-order valence-electron chi connectivity index (χ3n) is 8.15. The lowest BCUT2D eigenvalue weighted by atomic mass is 9.63. The highest BCUT2D eigenvalue weighted by atomic mass is 14.7. The fourth-order valence-electron chi connectivity index (χ4n) is 5.90. The van der Waals surface area contributed by atoms with Crippen LogP contribution in [0, 0.1) is 0 Å². The maximum Gasteiger partial charge on any atom is 0.0701 e. The van der Waals surface area contributed by atoms with Gasteiger partial charge in [0.1, 0.15) is 0 Å². The monoisotopic (exact) mass is 584 g/mol. The van der Waals surface area contributed by atoms with E-state index >= 15 is 0 Å². The third kappa shape index (κ3) is 6.46. The molecule has 0 amide bonds. The summed E-state index contributed by atoms with van der Waals surface area (Å²) in [5.74, 6) is 0. The van der Waals surface area contributed by atoms with E-state index in [9.17, 15) is 0 Å². The second-order valence-corrected chi connectivity index (χ2v) is 10.8. The Bertz CT molecular complexity index is 1930. The molecule has 0 saturated heterocycles. The van der Waals surface area contributed by atoms with Crippen LogP contribution in [-0.4, -0.2) is 12.8 Å². The summed E-state index contributed by atoms with van der Waals surface area (Å²) in [5, 5.41) is 2.16. The van der Waals surface area contributed by atoms with Crippen molar-refractivity contribution >= 4 is 24.1 Å². The van der Waals surface area contributed by atoms with Gasteiger partial charge in [0.25, 0.3) is 0 Å². The van der Waals surface area contributed by atoms with Gasteiger partial charge >= 0.3 is 0 Å². The van der Waals surface area contributed by atoms with Gasteiger partial charge in [0.05, 0.1) is 23.0 Å². The zero-order valence-electron chi connectivity index (χ0n) is 26.4. The average molecular weight is 585 g/mol. The van der Waals surface area contributed by atoms with Crippen LogP contribution < -0.4 is 10.6 Å². The van der Waals surface area contributed by atoms with Crippen LogP contribution in [0.1, 0.15) is 43.0 Å². The number of nitrogens with zero attached hydrogens (tertiary/aromatic N) is 2. The van der Waals surface area contributed by atoms with E-state index in [-0.39, 0.29) is 0 Å². The first-order valence-electron chi connectivity index (χ1n) is 15.6. The van der Waals surface area contributed by atoms with Crippen molar-refractivity contribution in [3.63, 3.8) is 0 Å². The molecule has 0 N–H and O–H groups in total. The largest absolute Gasteiger partial charge is 0.281 e. The molecule has 0 saturated carbocycles. The van der Waals surface area contributed by atoms with Crippen molar-refractivity contribution in [2.24, 2.45) is 9.98 Å². The lowest BCUT2D eigenvalue weighted by Crippen LogP contribution is -2.32. The Hall–Kier alpha value is -5.34. The summed E-state index contributed by atoms with van der Waals surface area (Å²) in [4.78, 5) is 9.44. The first kappa shape index (κ1) is 31.1. The fourth-order valence-corrected chi connectivity index (χ4v) is 5.90. The van der Waals surface area contributed by atoms with Crippen molar-refractivity contribution in [2.75, 3.05) is 6.54 Å². The van der Waals surface area contributed by atoms with E-state index in [4.69, 9.17) is 11.6 Å². The number of allylic oxidation sites excluding steroid dienone is 9. The van der Waals surface area contributed by atoms with E-state index < -0.39 is 5.41 Å². The molecule has 45 heavy (non-hydrogen) atoms. The van der Waals surface area contributed by atoms with E-state index in [0.717, 1.165) is 50.7 Å². The molecular weight excluding hydrogens is 544 g/mol. The summed E-state index contributed by atoms with van der Waals surface area (Å²) in [5.41, 5.74) is 9.04. The van der Waals surface area contributed by atoms with Crippen LogP contribution in [0.15, 0.2) is 179 Å². The molecule has 0 unspecified atom stereocenters. The number of fused-ring (bicyclic) bond motifs is 2.